The van der Waals surface area contributed by atoms with Crippen molar-refractivity contribution >= 4 is 5.97 Å². The molecule has 2 nitrogen and oxygen atoms in total. The van der Waals surface area contributed by atoms with E-state index < -0.39 is 0 Å². The third-order valence-corrected chi connectivity index (χ3v) is 4.92. The van der Waals surface area contributed by atoms with Gasteiger partial charge in [-0.2, -0.15) is 0 Å². The van der Waals surface area contributed by atoms with Gasteiger partial charge in [0.2, 0.25) is 0 Å². The average Bonchev–Trinajstić information content (AvgIpc) is 3.07. The zero-order valence-corrected chi connectivity index (χ0v) is 13.9. The Morgan fingerprint density at radius 3 is 2.45 bits per heavy atom. The minimum atomic E-state index is -0.0416. The number of esters is 1. The summed E-state index contributed by atoms with van der Waals surface area (Å²) in [6, 6.07) is 0. The Kier molecular flexibility index (Phi) is 4.32. The molecule has 0 aliphatic heterocycles. The van der Waals surface area contributed by atoms with Gasteiger partial charge in [0.15, 0.2) is 0 Å². The number of hydrogen-bond acceptors (Lipinski definition) is 2. The fraction of sp³-hybridized carbons (Fsp3) is 0.833. The highest BCUT2D eigenvalue weighted by Crippen LogP contribution is 2.45. The molecule has 2 rings (SSSR count). The molecule has 0 spiro atoms. The van der Waals surface area contributed by atoms with E-state index in [4.69, 9.17) is 4.74 Å². The lowest BCUT2D eigenvalue weighted by atomic mass is 9.75. The molecule has 1 fully saturated rings. The standard InChI is InChI=1S/C18H30O2/c1-11(2)13-8-7-12(3)9-16(13)20-17(19)14-10-15(14)18(4,5)6/h10-14,16H,7-9H2,1-6H3/t12-,13+,14-,16-/m1/s1. The van der Waals surface area contributed by atoms with Crippen molar-refractivity contribution in [3.8, 4) is 0 Å². The number of ether oxygens (including phenoxy) is 1. The Morgan fingerprint density at radius 2 is 1.95 bits per heavy atom. The van der Waals surface area contributed by atoms with E-state index in [1.165, 1.54) is 18.4 Å². The van der Waals surface area contributed by atoms with Crippen molar-refractivity contribution < 1.29 is 9.53 Å². The van der Waals surface area contributed by atoms with E-state index in [1.807, 2.05) is 0 Å². The van der Waals surface area contributed by atoms with Gasteiger partial charge >= 0.3 is 5.97 Å². The summed E-state index contributed by atoms with van der Waals surface area (Å²) in [5.41, 5.74) is 1.34. The first-order valence-corrected chi connectivity index (χ1v) is 8.13. The monoisotopic (exact) mass is 278 g/mol. The van der Waals surface area contributed by atoms with E-state index in [0.717, 1.165) is 6.42 Å². The zero-order chi connectivity index (χ0) is 15.1. The maximum Gasteiger partial charge on any atom is 0.317 e. The zero-order valence-electron chi connectivity index (χ0n) is 13.9. The van der Waals surface area contributed by atoms with Crippen LogP contribution >= 0.6 is 0 Å². The third kappa shape index (κ3) is 3.45. The van der Waals surface area contributed by atoms with Crippen LogP contribution in [0.5, 0.6) is 0 Å². The first-order valence-electron chi connectivity index (χ1n) is 8.13. The topological polar surface area (TPSA) is 26.3 Å². The maximum atomic E-state index is 12.3. The van der Waals surface area contributed by atoms with Crippen LogP contribution in [0.4, 0.5) is 0 Å². The molecule has 114 valence electrons. The molecule has 0 saturated heterocycles. The molecule has 4 atom stereocenters. The largest absolute Gasteiger partial charge is 0.461 e. The lowest BCUT2D eigenvalue weighted by Gasteiger charge is -2.36. The molecule has 2 aliphatic rings. The van der Waals surface area contributed by atoms with Gasteiger partial charge in [-0.05, 0) is 41.6 Å². The van der Waals surface area contributed by atoms with Crippen LogP contribution < -0.4 is 0 Å². The van der Waals surface area contributed by atoms with Crippen LogP contribution in [0.2, 0.25) is 0 Å². The van der Waals surface area contributed by atoms with Crippen LogP contribution in [0.15, 0.2) is 11.6 Å². The summed E-state index contributed by atoms with van der Waals surface area (Å²) in [5, 5.41) is 0. The first-order chi connectivity index (χ1) is 9.20. The maximum absolute atomic E-state index is 12.3. The molecule has 0 aromatic carbocycles. The van der Waals surface area contributed by atoms with E-state index in [9.17, 15) is 4.79 Å². The number of carbonyl (C=O) groups excluding carboxylic acids is 1. The SMILES string of the molecule is CC(C)[C@@H]1CC[C@@H](C)C[C@H]1OC(=O)[C@@H]1C=C1C(C)(C)C. The predicted octanol–water partition coefficient (Wildman–Crippen LogP) is 4.59. The Labute approximate surface area is 124 Å². The van der Waals surface area contributed by atoms with Crippen molar-refractivity contribution in [3.05, 3.63) is 11.6 Å². The van der Waals surface area contributed by atoms with Gasteiger partial charge < -0.3 is 4.74 Å². The highest BCUT2D eigenvalue weighted by Gasteiger charge is 2.42. The van der Waals surface area contributed by atoms with E-state index in [-0.39, 0.29) is 23.4 Å². The molecule has 2 heteroatoms. The summed E-state index contributed by atoms with van der Waals surface area (Å²) < 4.78 is 5.89. The molecule has 0 aromatic heterocycles. The Hall–Kier alpha value is -0.790. The van der Waals surface area contributed by atoms with Gasteiger partial charge in [-0.3, -0.25) is 4.79 Å². The summed E-state index contributed by atoms with van der Waals surface area (Å²) in [7, 11) is 0. The van der Waals surface area contributed by atoms with Gasteiger partial charge in [0.25, 0.3) is 0 Å². The second-order valence-electron chi connectivity index (χ2n) is 8.15. The summed E-state index contributed by atoms with van der Waals surface area (Å²) in [4.78, 5) is 12.3. The van der Waals surface area contributed by atoms with Crippen LogP contribution in [-0.2, 0) is 9.53 Å². The van der Waals surface area contributed by atoms with Crippen molar-refractivity contribution in [3.63, 3.8) is 0 Å². The van der Waals surface area contributed by atoms with Gasteiger partial charge in [0.1, 0.15) is 6.10 Å². The summed E-state index contributed by atoms with van der Waals surface area (Å²) in [5.74, 6) is 1.75. The Balaban J connectivity index is 1.93. The van der Waals surface area contributed by atoms with Crippen molar-refractivity contribution in [1.82, 2.24) is 0 Å². The molecule has 20 heavy (non-hydrogen) atoms. The van der Waals surface area contributed by atoms with Crippen LogP contribution in [0.3, 0.4) is 0 Å². The highest BCUT2D eigenvalue weighted by molar-refractivity contribution is 5.84. The first kappa shape index (κ1) is 15.6. The molecule has 0 N–H and O–H groups in total. The van der Waals surface area contributed by atoms with Gasteiger partial charge in [-0.1, -0.05) is 54.0 Å². The molecule has 0 heterocycles. The minimum absolute atomic E-state index is 0.0142. The normalized spacial score (nSPS) is 33.9. The number of carbonyl (C=O) groups is 1. The number of rotatable bonds is 3. The molecule has 0 radical (unpaired) electrons. The van der Waals surface area contributed by atoms with Crippen LogP contribution in [0, 0.1) is 29.1 Å². The quantitative estimate of drug-likeness (QED) is 0.557. The third-order valence-electron chi connectivity index (χ3n) is 4.92. The molecule has 1 saturated carbocycles. The fourth-order valence-electron chi connectivity index (χ4n) is 3.52. The Morgan fingerprint density at radius 1 is 1.30 bits per heavy atom. The molecule has 0 amide bonds. The molecule has 0 bridgehead atoms. The Bertz CT molecular complexity index is 400. The minimum Gasteiger partial charge on any atom is -0.461 e. The summed E-state index contributed by atoms with van der Waals surface area (Å²) >= 11 is 0. The summed E-state index contributed by atoms with van der Waals surface area (Å²) in [6.07, 6.45) is 5.69. The number of hydrogen-bond donors (Lipinski definition) is 0. The van der Waals surface area contributed by atoms with E-state index in [2.05, 4.69) is 47.6 Å². The van der Waals surface area contributed by atoms with Gasteiger partial charge in [0, 0.05) is 0 Å². The molecule has 0 aromatic rings. The summed E-state index contributed by atoms with van der Waals surface area (Å²) in [6.45, 7) is 13.2. The molecule has 0 unspecified atom stereocenters. The van der Waals surface area contributed by atoms with Gasteiger partial charge in [-0.15, -0.1) is 0 Å². The smallest absolute Gasteiger partial charge is 0.317 e. The van der Waals surface area contributed by atoms with Gasteiger partial charge in [-0.25, -0.2) is 0 Å². The predicted molar refractivity (Wildman–Crippen MR) is 82.3 cm³/mol. The average molecular weight is 278 g/mol. The van der Waals surface area contributed by atoms with Crippen LogP contribution in [-0.4, -0.2) is 12.1 Å². The second kappa shape index (κ2) is 5.54. The van der Waals surface area contributed by atoms with Crippen molar-refractivity contribution in [2.45, 2.75) is 66.9 Å². The second-order valence-corrected chi connectivity index (χ2v) is 8.15. The van der Waals surface area contributed by atoms with Crippen molar-refractivity contribution in [2.24, 2.45) is 29.1 Å². The molecular formula is C18H30O2. The lowest BCUT2D eigenvalue weighted by molar-refractivity contribution is -0.157. The van der Waals surface area contributed by atoms with E-state index in [0.29, 0.717) is 17.8 Å². The van der Waals surface area contributed by atoms with E-state index in [1.54, 1.807) is 0 Å². The molecule has 2 aliphatic carbocycles. The van der Waals surface area contributed by atoms with Gasteiger partial charge in [0.05, 0.1) is 5.92 Å². The van der Waals surface area contributed by atoms with Crippen molar-refractivity contribution in [2.75, 3.05) is 0 Å². The van der Waals surface area contributed by atoms with Crippen LogP contribution in [0.1, 0.15) is 60.8 Å². The van der Waals surface area contributed by atoms with E-state index >= 15 is 0 Å². The lowest BCUT2D eigenvalue weighted by Crippen LogP contribution is -2.36. The highest BCUT2D eigenvalue weighted by atomic mass is 16.5. The van der Waals surface area contributed by atoms with Crippen molar-refractivity contribution in [1.29, 1.82) is 0 Å². The van der Waals surface area contributed by atoms with Crippen LogP contribution in [0.25, 0.3) is 0 Å². The fourth-order valence-corrected chi connectivity index (χ4v) is 3.52. The molecular weight excluding hydrogens is 248 g/mol.